The predicted molar refractivity (Wildman–Crippen MR) is 85.7 cm³/mol. The second-order valence-corrected chi connectivity index (χ2v) is 8.39. The molecule has 1 aliphatic rings. The molecule has 1 N–H and O–H groups in total. The Morgan fingerprint density at radius 2 is 2.19 bits per heavy atom. The molecule has 0 unspecified atom stereocenters. The van der Waals surface area contributed by atoms with E-state index in [0.717, 1.165) is 24.3 Å². The first kappa shape index (κ1) is 16.6. The van der Waals surface area contributed by atoms with Crippen molar-refractivity contribution in [3.63, 3.8) is 0 Å². The monoisotopic (exact) mass is 311 g/mol. The largest absolute Gasteiger partial charge is 0.598 e. The van der Waals surface area contributed by atoms with Gasteiger partial charge in [-0.25, -0.2) is 0 Å². The minimum absolute atomic E-state index is 0.00781. The molecule has 3 atom stereocenters. The first-order chi connectivity index (χ1) is 9.86. The molecule has 0 aliphatic carbocycles. The van der Waals surface area contributed by atoms with Crippen molar-refractivity contribution in [2.75, 3.05) is 13.2 Å². The average Bonchev–Trinajstić information content (AvgIpc) is 2.90. The van der Waals surface area contributed by atoms with Crippen LogP contribution in [0.15, 0.2) is 24.3 Å². The Bertz CT molecular complexity index is 455. The fraction of sp³-hybridized carbons (Fsp3) is 0.625. The highest BCUT2D eigenvalue weighted by Crippen LogP contribution is 2.24. The van der Waals surface area contributed by atoms with Crippen LogP contribution < -0.4 is 9.46 Å². The molecule has 0 spiro atoms. The van der Waals surface area contributed by atoms with Crippen LogP contribution in [-0.4, -0.2) is 28.6 Å². The van der Waals surface area contributed by atoms with Crippen LogP contribution in [0.3, 0.4) is 0 Å². The zero-order valence-corrected chi connectivity index (χ0v) is 14.0. The van der Waals surface area contributed by atoms with E-state index in [9.17, 15) is 4.55 Å². The number of benzene rings is 1. The van der Waals surface area contributed by atoms with Crippen LogP contribution in [0.2, 0.25) is 0 Å². The van der Waals surface area contributed by atoms with E-state index in [0.29, 0.717) is 6.61 Å². The molecule has 0 bridgehead atoms. The maximum absolute atomic E-state index is 12.2. The summed E-state index contributed by atoms with van der Waals surface area (Å²) >= 11 is -1.09. The van der Waals surface area contributed by atoms with Crippen LogP contribution >= 0.6 is 0 Å². The van der Waals surface area contributed by atoms with Gasteiger partial charge in [0.1, 0.15) is 16.6 Å². The molecule has 1 aromatic rings. The first-order valence-corrected chi connectivity index (χ1v) is 8.53. The second kappa shape index (κ2) is 7.01. The van der Waals surface area contributed by atoms with Gasteiger partial charge < -0.3 is 14.0 Å². The molecule has 2 rings (SSSR count). The highest BCUT2D eigenvalue weighted by Gasteiger charge is 2.28. The molecule has 0 saturated carbocycles. The second-order valence-electron chi connectivity index (χ2n) is 6.40. The summed E-state index contributed by atoms with van der Waals surface area (Å²) in [5, 5.41) is 0. The SMILES string of the molecule is C[C@H](N[S@+]([O-])C(C)(C)C)c1cccc(O[C@@H]2CCOC2)c1. The number of rotatable bonds is 5. The average molecular weight is 311 g/mol. The van der Waals surface area contributed by atoms with Gasteiger partial charge in [0, 0.05) is 17.8 Å². The van der Waals surface area contributed by atoms with E-state index in [4.69, 9.17) is 9.47 Å². The van der Waals surface area contributed by atoms with Crippen molar-refractivity contribution in [2.24, 2.45) is 0 Å². The molecule has 4 nitrogen and oxygen atoms in total. The summed E-state index contributed by atoms with van der Waals surface area (Å²) in [6.07, 6.45) is 1.08. The van der Waals surface area contributed by atoms with E-state index in [1.54, 1.807) is 0 Å². The van der Waals surface area contributed by atoms with Gasteiger partial charge in [-0.05, 0) is 45.4 Å². The Hall–Kier alpha value is -0.750. The van der Waals surface area contributed by atoms with Gasteiger partial charge in [-0.15, -0.1) is 4.72 Å². The smallest absolute Gasteiger partial charge is 0.136 e. The third kappa shape index (κ3) is 4.88. The summed E-state index contributed by atoms with van der Waals surface area (Å²) in [5.74, 6) is 0.846. The molecule has 0 radical (unpaired) electrons. The molecule has 1 saturated heterocycles. The minimum atomic E-state index is -1.09. The van der Waals surface area contributed by atoms with Crippen molar-refractivity contribution in [2.45, 2.75) is 51.0 Å². The van der Waals surface area contributed by atoms with E-state index in [1.165, 1.54) is 0 Å². The van der Waals surface area contributed by atoms with Crippen molar-refractivity contribution in [3.8, 4) is 5.75 Å². The Balaban J connectivity index is 1.99. The lowest BCUT2D eigenvalue weighted by Gasteiger charge is -2.26. The fourth-order valence-electron chi connectivity index (χ4n) is 2.06. The third-order valence-corrected chi connectivity index (χ3v) is 5.07. The maximum atomic E-state index is 12.2. The van der Waals surface area contributed by atoms with Crippen LogP contribution in [0.5, 0.6) is 5.75 Å². The van der Waals surface area contributed by atoms with Gasteiger partial charge in [-0.2, -0.15) is 0 Å². The minimum Gasteiger partial charge on any atom is -0.598 e. The van der Waals surface area contributed by atoms with Crippen molar-refractivity contribution in [3.05, 3.63) is 29.8 Å². The standard InChI is InChI=1S/C16H25NO3S/c1-12(17-21(18)16(2,3)4)13-6-5-7-14(10-13)20-15-8-9-19-11-15/h5-7,10,12,15,17H,8-9,11H2,1-4H3/t12-,15+,21+/m0/s1. The van der Waals surface area contributed by atoms with Crippen LogP contribution in [0.4, 0.5) is 0 Å². The molecule has 1 aromatic carbocycles. The van der Waals surface area contributed by atoms with Crippen LogP contribution in [0.1, 0.15) is 45.7 Å². The lowest BCUT2D eigenvalue weighted by atomic mass is 10.1. The topological polar surface area (TPSA) is 53.5 Å². The van der Waals surface area contributed by atoms with Crippen molar-refractivity contribution >= 4 is 11.4 Å². The Morgan fingerprint density at radius 3 is 2.81 bits per heavy atom. The molecule has 5 heteroatoms. The van der Waals surface area contributed by atoms with E-state index < -0.39 is 11.4 Å². The molecule has 0 amide bonds. The fourth-order valence-corrected chi connectivity index (χ4v) is 2.87. The molecule has 1 heterocycles. The highest BCUT2D eigenvalue weighted by atomic mass is 32.2. The lowest BCUT2D eigenvalue weighted by Crippen LogP contribution is -2.40. The first-order valence-electron chi connectivity index (χ1n) is 7.38. The summed E-state index contributed by atoms with van der Waals surface area (Å²) in [4.78, 5) is 0. The molecule has 1 aliphatic heterocycles. The summed E-state index contributed by atoms with van der Waals surface area (Å²) < 4.78 is 26.3. The summed E-state index contributed by atoms with van der Waals surface area (Å²) in [6, 6.07) is 7.97. The third-order valence-electron chi connectivity index (χ3n) is 3.39. The van der Waals surface area contributed by atoms with Crippen LogP contribution in [0, 0.1) is 0 Å². The predicted octanol–water partition coefficient (Wildman–Crippen LogP) is 2.97. The summed E-state index contributed by atoms with van der Waals surface area (Å²) in [6.45, 7) is 9.33. The molecule has 118 valence electrons. The number of hydrogen-bond acceptors (Lipinski definition) is 4. The maximum Gasteiger partial charge on any atom is 0.136 e. The van der Waals surface area contributed by atoms with Crippen LogP contribution in [0.25, 0.3) is 0 Å². The normalized spacial score (nSPS) is 22.0. The van der Waals surface area contributed by atoms with Crippen molar-refractivity contribution < 1.29 is 14.0 Å². The molecular formula is C16H25NO3S. The quantitative estimate of drug-likeness (QED) is 0.849. The number of nitrogens with one attached hydrogen (secondary N) is 1. The van der Waals surface area contributed by atoms with Gasteiger partial charge in [-0.1, -0.05) is 12.1 Å². The van der Waals surface area contributed by atoms with Gasteiger partial charge in [-0.3, -0.25) is 0 Å². The Kier molecular flexibility index (Phi) is 5.54. The lowest BCUT2D eigenvalue weighted by molar-refractivity contribution is 0.141. The molecule has 21 heavy (non-hydrogen) atoms. The van der Waals surface area contributed by atoms with Gasteiger partial charge >= 0.3 is 0 Å². The van der Waals surface area contributed by atoms with E-state index in [1.807, 2.05) is 52.0 Å². The summed E-state index contributed by atoms with van der Waals surface area (Å²) in [5.41, 5.74) is 1.07. The molecule has 0 aromatic heterocycles. The van der Waals surface area contributed by atoms with Gasteiger partial charge in [0.2, 0.25) is 0 Å². The molecule has 1 fully saturated rings. The number of hydrogen-bond donors (Lipinski definition) is 1. The van der Waals surface area contributed by atoms with Gasteiger partial charge in [0.25, 0.3) is 0 Å². The van der Waals surface area contributed by atoms with E-state index in [-0.39, 0.29) is 16.9 Å². The van der Waals surface area contributed by atoms with E-state index >= 15 is 0 Å². The van der Waals surface area contributed by atoms with E-state index in [2.05, 4.69) is 4.72 Å². The number of ether oxygens (including phenoxy) is 2. The van der Waals surface area contributed by atoms with Crippen molar-refractivity contribution in [1.29, 1.82) is 0 Å². The van der Waals surface area contributed by atoms with Gasteiger partial charge in [0.05, 0.1) is 19.3 Å². The molecular weight excluding hydrogens is 286 g/mol. The highest BCUT2D eigenvalue weighted by molar-refractivity contribution is 7.90. The van der Waals surface area contributed by atoms with Gasteiger partial charge in [0.15, 0.2) is 0 Å². The van der Waals surface area contributed by atoms with Crippen LogP contribution in [-0.2, 0) is 16.1 Å². The summed E-state index contributed by atoms with van der Waals surface area (Å²) in [7, 11) is 0. The Labute approximate surface area is 130 Å². The van der Waals surface area contributed by atoms with Crippen molar-refractivity contribution in [1.82, 2.24) is 4.72 Å². The zero-order chi connectivity index (χ0) is 15.5. The zero-order valence-electron chi connectivity index (χ0n) is 13.2. The Morgan fingerprint density at radius 1 is 1.43 bits per heavy atom.